The maximum atomic E-state index is 15.2. The van der Waals surface area contributed by atoms with Gasteiger partial charge in [0.05, 0.1) is 11.2 Å². The summed E-state index contributed by atoms with van der Waals surface area (Å²) in [5.41, 5.74) is 2.45. The van der Waals surface area contributed by atoms with Crippen LogP contribution in [0.1, 0.15) is 22.8 Å². The highest BCUT2D eigenvalue weighted by Gasteiger charge is 2.23. The lowest BCUT2D eigenvalue weighted by Gasteiger charge is -2.36. The first-order valence-corrected chi connectivity index (χ1v) is 12.5. The van der Waals surface area contributed by atoms with Crippen LogP contribution in [0, 0.1) is 5.82 Å². The van der Waals surface area contributed by atoms with Gasteiger partial charge < -0.3 is 19.5 Å². The number of carboxylic acids is 1. The predicted molar refractivity (Wildman–Crippen MR) is 147 cm³/mol. The first kappa shape index (κ1) is 24.8. The van der Waals surface area contributed by atoms with E-state index < -0.39 is 17.2 Å². The third kappa shape index (κ3) is 4.53. The molecule has 0 atom stereocenters. The molecule has 1 saturated heterocycles. The van der Waals surface area contributed by atoms with Crippen LogP contribution >= 0.6 is 0 Å². The monoisotopic (exact) mass is 502 g/mol. The molecule has 0 amide bonds. The number of benzene rings is 3. The summed E-state index contributed by atoms with van der Waals surface area (Å²) in [7, 11) is 4.11. The molecule has 0 spiro atoms. The molecule has 7 nitrogen and oxygen atoms in total. The second-order valence-corrected chi connectivity index (χ2v) is 9.73. The van der Waals surface area contributed by atoms with Gasteiger partial charge in [-0.15, -0.1) is 0 Å². The molecule has 0 unspecified atom stereocenters. The third-order valence-electron chi connectivity index (χ3n) is 7.30. The highest BCUT2D eigenvalue weighted by molar-refractivity contribution is 5.96. The van der Waals surface area contributed by atoms with Gasteiger partial charge >= 0.3 is 5.97 Å². The SMILES string of the molecule is CCn1cc(C(=O)O)c(=O)c2cc(F)c(N3CCN(Cc4ccc(N(C)C)c5ccccc45)CC3)cc21. The van der Waals surface area contributed by atoms with Crippen molar-refractivity contribution in [1.82, 2.24) is 9.47 Å². The van der Waals surface area contributed by atoms with Gasteiger partial charge in [0.1, 0.15) is 11.4 Å². The molecule has 8 heteroatoms. The minimum atomic E-state index is -1.31. The van der Waals surface area contributed by atoms with Crippen molar-refractivity contribution in [3.8, 4) is 0 Å². The summed E-state index contributed by atoms with van der Waals surface area (Å²) in [5.74, 6) is -1.81. The largest absolute Gasteiger partial charge is 0.477 e. The van der Waals surface area contributed by atoms with Gasteiger partial charge in [0.25, 0.3) is 0 Å². The molecule has 2 heterocycles. The Morgan fingerprint density at radius 2 is 1.70 bits per heavy atom. The lowest BCUT2D eigenvalue weighted by atomic mass is 10.0. The van der Waals surface area contributed by atoms with Crippen molar-refractivity contribution in [3.63, 3.8) is 0 Å². The summed E-state index contributed by atoms with van der Waals surface area (Å²) in [4.78, 5) is 30.7. The van der Waals surface area contributed by atoms with E-state index in [1.807, 2.05) is 11.8 Å². The zero-order valence-corrected chi connectivity index (χ0v) is 21.4. The van der Waals surface area contributed by atoms with Crippen LogP contribution in [0.2, 0.25) is 0 Å². The van der Waals surface area contributed by atoms with Gasteiger partial charge in [-0.2, -0.15) is 0 Å². The smallest absolute Gasteiger partial charge is 0.341 e. The molecule has 4 aromatic rings. The first-order valence-electron chi connectivity index (χ1n) is 12.5. The van der Waals surface area contributed by atoms with Crippen LogP contribution in [0.15, 0.2) is 59.5 Å². The fraction of sp³-hybridized carbons (Fsp3) is 0.310. The molecule has 0 aliphatic carbocycles. The number of pyridine rings is 1. The van der Waals surface area contributed by atoms with Crippen molar-refractivity contribution in [3.05, 3.63) is 81.9 Å². The first-order chi connectivity index (χ1) is 17.8. The van der Waals surface area contributed by atoms with Gasteiger partial charge in [-0.25, -0.2) is 9.18 Å². The number of aromatic nitrogens is 1. The Morgan fingerprint density at radius 3 is 2.35 bits per heavy atom. The Morgan fingerprint density at radius 1 is 1.00 bits per heavy atom. The standard InChI is InChI=1S/C29H31FN4O3/c1-4-33-18-23(29(36)37)28(35)22-15-24(30)27(16-26(22)33)34-13-11-32(12-14-34)17-19-9-10-25(31(2)3)21-8-6-5-7-20(19)21/h5-10,15-16,18H,4,11-14,17H2,1-3H3,(H,36,37). The summed E-state index contributed by atoms with van der Waals surface area (Å²) >= 11 is 0. The number of hydrogen-bond donors (Lipinski definition) is 1. The van der Waals surface area contributed by atoms with Crippen molar-refractivity contribution in [1.29, 1.82) is 0 Å². The number of carbonyl (C=O) groups is 1. The van der Waals surface area contributed by atoms with Gasteiger partial charge in [0.2, 0.25) is 5.43 Å². The van der Waals surface area contributed by atoms with Crippen LogP contribution in [0.4, 0.5) is 15.8 Å². The van der Waals surface area contributed by atoms with Crippen LogP contribution in [0.25, 0.3) is 21.7 Å². The lowest BCUT2D eigenvalue weighted by Crippen LogP contribution is -2.46. The van der Waals surface area contributed by atoms with E-state index in [0.29, 0.717) is 30.8 Å². The van der Waals surface area contributed by atoms with Crippen molar-refractivity contribution in [2.24, 2.45) is 0 Å². The van der Waals surface area contributed by atoms with Crippen molar-refractivity contribution < 1.29 is 14.3 Å². The molecule has 5 rings (SSSR count). The van der Waals surface area contributed by atoms with Crippen LogP contribution in [0.3, 0.4) is 0 Å². The zero-order valence-electron chi connectivity index (χ0n) is 21.4. The third-order valence-corrected chi connectivity index (χ3v) is 7.30. The molecule has 1 fully saturated rings. The normalized spacial score (nSPS) is 14.4. The second-order valence-electron chi connectivity index (χ2n) is 9.73. The highest BCUT2D eigenvalue weighted by Crippen LogP contribution is 2.30. The van der Waals surface area contributed by atoms with Gasteiger partial charge in [-0.1, -0.05) is 30.3 Å². The number of nitrogens with zero attached hydrogens (tertiary/aromatic N) is 4. The van der Waals surface area contributed by atoms with Gasteiger partial charge in [-0.3, -0.25) is 9.69 Å². The van der Waals surface area contributed by atoms with Crippen LogP contribution < -0.4 is 15.2 Å². The van der Waals surface area contributed by atoms with Crippen LogP contribution in [-0.2, 0) is 13.1 Å². The number of aryl methyl sites for hydroxylation is 1. The van der Waals surface area contributed by atoms with E-state index in [-0.39, 0.29) is 10.9 Å². The number of carboxylic acid groups (broad SMARTS) is 1. The molecular formula is C29H31FN4O3. The average molecular weight is 503 g/mol. The number of hydrogen-bond acceptors (Lipinski definition) is 5. The van der Waals surface area contributed by atoms with E-state index in [9.17, 15) is 14.7 Å². The van der Waals surface area contributed by atoms with E-state index >= 15 is 4.39 Å². The fourth-order valence-corrected chi connectivity index (χ4v) is 5.32. The van der Waals surface area contributed by atoms with Gasteiger partial charge in [-0.05, 0) is 36.1 Å². The fourth-order valence-electron chi connectivity index (χ4n) is 5.32. The van der Waals surface area contributed by atoms with E-state index in [4.69, 9.17) is 0 Å². The maximum absolute atomic E-state index is 15.2. The summed E-state index contributed by atoms with van der Waals surface area (Å²) in [6, 6.07) is 15.7. The number of piperazine rings is 1. The Labute approximate surface area is 214 Å². The molecule has 3 aromatic carbocycles. The quantitative estimate of drug-likeness (QED) is 0.422. The van der Waals surface area contributed by atoms with Crippen molar-refractivity contribution in [2.75, 3.05) is 50.1 Å². The van der Waals surface area contributed by atoms with E-state index in [2.05, 4.69) is 60.3 Å². The highest BCUT2D eigenvalue weighted by atomic mass is 19.1. The Bertz CT molecular complexity index is 1550. The van der Waals surface area contributed by atoms with Crippen LogP contribution in [0.5, 0.6) is 0 Å². The minimum absolute atomic E-state index is 0.0923. The van der Waals surface area contributed by atoms with E-state index in [0.717, 1.165) is 19.6 Å². The molecule has 1 aromatic heterocycles. The van der Waals surface area contributed by atoms with Crippen molar-refractivity contribution >= 4 is 39.0 Å². The van der Waals surface area contributed by atoms with E-state index in [1.165, 1.54) is 34.3 Å². The Hall–Kier alpha value is -3.91. The number of fused-ring (bicyclic) bond motifs is 2. The molecular weight excluding hydrogens is 471 g/mol. The van der Waals surface area contributed by atoms with E-state index in [1.54, 1.807) is 10.6 Å². The predicted octanol–water partition coefficient (Wildman–Crippen LogP) is 4.40. The summed E-state index contributed by atoms with van der Waals surface area (Å²) in [6.45, 7) is 6.01. The summed E-state index contributed by atoms with van der Waals surface area (Å²) < 4.78 is 16.9. The topological polar surface area (TPSA) is 69.0 Å². The molecule has 0 saturated carbocycles. The molecule has 1 aliphatic heterocycles. The van der Waals surface area contributed by atoms with Crippen LogP contribution in [-0.4, -0.2) is 60.8 Å². The second kappa shape index (κ2) is 9.86. The van der Waals surface area contributed by atoms with Gasteiger partial charge in [0, 0.05) is 76.0 Å². The number of rotatable bonds is 6. The Balaban J connectivity index is 1.38. The van der Waals surface area contributed by atoms with Gasteiger partial charge in [0.15, 0.2) is 0 Å². The number of anilines is 2. The molecule has 0 radical (unpaired) electrons. The average Bonchev–Trinajstić information content (AvgIpc) is 2.89. The molecule has 1 aliphatic rings. The number of halogens is 1. The minimum Gasteiger partial charge on any atom is -0.477 e. The molecule has 1 N–H and O–H groups in total. The maximum Gasteiger partial charge on any atom is 0.341 e. The lowest BCUT2D eigenvalue weighted by molar-refractivity contribution is 0.0695. The van der Waals surface area contributed by atoms with Crippen molar-refractivity contribution in [2.45, 2.75) is 20.0 Å². The summed E-state index contributed by atoms with van der Waals surface area (Å²) in [5, 5.41) is 11.9. The molecule has 192 valence electrons. The molecule has 37 heavy (non-hydrogen) atoms. The number of aromatic carboxylic acids is 1. The Kier molecular flexibility index (Phi) is 6.60. The summed E-state index contributed by atoms with van der Waals surface area (Å²) in [6.07, 6.45) is 1.35. The zero-order chi connectivity index (χ0) is 26.3. The molecule has 0 bridgehead atoms.